The van der Waals surface area contributed by atoms with Crippen LogP contribution in [0.3, 0.4) is 0 Å². The van der Waals surface area contributed by atoms with Gasteiger partial charge in [0.05, 0.1) is 0 Å². The summed E-state index contributed by atoms with van der Waals surface area (Å²) >= 11 is 0. The van der Waals surface area contributed by atoms with Gasteiger partial charge in [-0.15, -0.1) is 0 Å². The van der Waals surface area contributed by atoms with Gasteiger partial charge in [0.1, 0.15) is 0 Å². The Bertz CT molecular complexity index is 127. The summed E-state index contributed by atoms with van der Waals surface area (Å²) in [6.07, 6.45) is 7.72. The van der Waals surface area contributed by atoms with Crippen molar-refractivity contribution in [1.29, 1.82) is 0 Å². The highest BCUT2D eigenvalue weighted by Crippen LogP contribution is 2.02. The van der Waals surface area contributed by atoms with E-state index in [0.29, 0.717) is 0 Å². The molecule has 0 amide bonds. The maximum absolute atomic E-state index is 2.24. The Labute approximate surface area is 78.4 Å². The van der Waals surface area contributed by atoms with Crippen LogP contribution in [-0.2, 0) is 0 Å². The normalized spacial score (nSPS) is 11.8. The molecule has 0 aliphatic rings. The molecular weight excluding hydrogens is 144 g/mol. The molecule has 0 aromatic rings. The minimum atomic E-state index is 0.779. The highest BCUT2D eigenvalue weighted by atomic mass is 13.9. The van der Waals surface area contributed by atoms with Crippen LogP contribution < -0.4 is 0 Å². The van der Waals surface area contributed by atoms with E-state index >= 15 is 0 Å². The summed E-state index contributed by atoms with van der Waals surface area (Å²) in [4.78, 5) is 0. The predicted molar refractivity (Wildman–Crippen MR) is 59.4 cm³/mol. The summed E-state index contributed by atoms with van der Waals surface area (Å²) in [5.41, 5.74) is 1.35. The van der Waals surface area contributed by atoms with Crippen molar-refractivity contribution in [1.82, 2.24) is 0 Å². The first-order chi connectivity index (χ1) is 5.66. The third-order valence-electron chi connectivity index (χ3n) is 1.44. The maximum atomic E-state index is 2.24. The molecule has 0 fully saturated rings. The molecule has 0 bridgehead atoms. The van der Waals surface area contributed by atoms with E-state index < -0.39 is 0 Å². The molecule has 0 heterocycles. The highest BCUT2D eigenvalue weighted by Gasteiger charge is 1.86. The van der Waals surface area contributed by atoms with E-state index in [1.54, 1.807) is 0 Å². The number of hydrogen-bond acceptors (Lipinski definition) is 0. The lowest BCUT2D eigenvalue weighted by molar-refractivity contribution is 0.663. The van der Waals surface area contributed by atoms with Gasteiger partial charge < -0.3 is 0 Å². The van der Waals surface area contributed by atoms with Crippen LogP contribution in [0.4, 0.5) is 0 Å². The van der Waals surface area contributed by atoms with Crippen LogP contribution >= 0.6 is 0 Å². The van der Waals surface area contributed by atoms with Gasteiger partial charge in [0.25, 0.3) is 0 Å². The maximum Gasteiger partial charge on any atom is -0.0324 e. The molecule has 0 radical (unpaired) electrons. The lowest BCUT2D eigenvalue weighted by Crippen LogP contribution is -1.81. The van der Waals surface area contributed by atoms with Crippen LogP contribution in [0.15, 0.2) is 23.8 Å². The number of allylic oxidation sites excluding steroid dienone is 4. The minimum Gasteiger partial charge on any atom is -0.0847 e. The lowest BCUT2D eigenvalue weighted by atomic mass is 10.1. The zero-order valence-corrected chi connectivity index (χ0v) is 9.52. The van der Waals surface area contributed by atoms with Crippen LogP contribution in [0.1, 0.15) is 48.0 Å². The van der Waals surface area contributed by atoms with Crippen molar-refractivity contribution < 1.29 is 0 Å². The van der Waals surface area contributed by atoms with Crippen molar-refractivity contribution in [3.63, 3.8) is 0 Å². The second-order valence-corrected chi connectivity index (χ2v) is 3.06. The fourth-order valence-corrected chi connectivity index (χ4v) is 0.622. The molecule has 0 N–H and O–H groups in total. The lowest BCUT2D eigenvalue weighted by Gasteiger charge is -1.96. The third-order valence-corrected chi connectivity index (χ3v) is 1.44. The topological polar surface area (TPSA) is 0 Å². The Morgan fingerprint density at radius 2 is 1.75 bits per heavy atom. The van der Waals surface area contributed by atoms with Gasteiger partial charge in [-0.25, -0.2) is 0 Å². The number of rotatable bonds is 3. The molecule has 0 saturated carbocycles. The molecule has 0 atom stereocenters. The van der Waals surface area contributed by atoms with Gasteiger partial charge in [-0.05, 0) is 26.2 Å². The third kappa shape index (κ3) is 12.2. The smallest absolute Gasteiger partial charge is 0.0324 e. The van der Waals surface area contributed by atoms with Crippen LogP contribution in [0, 0.1) is 5.92 Å². The Morgan fingerprint density at radius 1 is 1.25 bits per heavy atom. The summed E-state index contributed by atoms with van der Waals surface area (Å²) in [5.74, 6) is 0.779. The molecule has 72 valence electrons. The first-order valence-electron chi connectivity index (χ1n) is 4.96. The summed E-state index contributed by atoms with van der Waals surface area (Å²) < 4.78 is 0. The molecule has 0 aromatic carbocycles. The average molecular weight is 168 g/mol. The van der Waals surface area contributed by atoms with Crippen LogP contribution in [0.5, 0.6) is 0 Å². The number of hydrogen-bond donors (Lipinski definition) is 0. The van der Waals surface area contributed by atoms with Crippen molar-refractivity contribution in [3.8, 4) is 0 Å². The van der Waals surface area contributed by atoms with E-state index in [-0.39, 0.29) is 0 Å². The summed E-state index contributed by atoms with van der Waals surface area (Å²) in [6, 6.07) is 0. The van der Waals surface area contributed by atoms with Gasteiger partial charge >= 0.3 is 0 Å². The molecule has 0 nitrogen and oxygen atoms in total. The molecule has 0 unspecified atom stereocenters. The Balaban J connectivity index is 0. The first-order valence-corrected chi connectivity index (χ1v) is 4.96. The summed E-state index contributed by atoms with van der Waals surface area (Å²) in [5, 5.41) is 0. The average Bonchev–Trinajstić information content (AvgIpc) is 2.07. The predicted octanol–water partition coefficient (Wildman–Crippen LogP) is 4.58. The van der Waals surface area contributed by atoms with Crippen molar-refractivity contribution in [2.24, 2.45) is 5.92 Å². The van der Waals surface area contributed by atoms with Gasteiger partial charge in [0.2, 0.25) is 0 Å². The second-order valence-electron chi connectivity index (χ2n) is 3.06. The fourth-order valence-electron chi connectivity index (χ4n) is 0.622. The van der Waals surface area contributed by atoms with Crippen molar-refractivity contribution >= 4 is 0 Å². The Morgan fingerprint density at radius 3 is 2.08 bits per heavy atom. The van der Waals surface area contributed by atoms with E-state index in [1.165, 1.54) is 12.0 Å². The molecule has 0 aromatic heterocycles. The first kappa shape index (κ1) is 14.0. The SMILES string of the molecule is C/C=C(C)/C=C\CC(C)C.CC. The second kappa shape index (κ2) is 10.5. The van der Waals surface area contributed by atoms with Gasteiger partial charge in [-0.1, -0.05) is 51.5 Å². The standard InChI is InChI=1S/C10H18.C2H6/c1-5-10(4)8-6-7-9(2)3;1-2/h5-6,8-9H,7H2,1-4H3;1-2H3/b8-6-,10-5+;. The fraction of sp³-hybridized carbons (Fsp3) is 0.667. The van der Waals surface area contributed by atoms with Crippen LogP contribution in [0.25, 0.3) is 0 Å². The van der Waals surface area contributed by atoms with Crippen molar-refractivity contribution in [3.05, 3.63) is 23.8 Å². The Hall–Kier alpha value is -0.520. The van der Waals surface area contributed by atoms with E-state index in [1.807, 2.05) is 13.8 Å². The quantitative estimate of drug-likeness (QED) is 0.541. The van der Waals surface area contributed by atoms with Crippen molar-refractivity contribution in [2.45, 2.75) is 48.0 Å². The molecular formula is C12H24. The zero-order valence-electron chi connectivity index (χ0n) is 9.52. The molecule has 0 rings (SSSR count). The van der Waals surface area contributed by atoms with Gasteiger partial charge in [0, 0.05) is 0 Å². The summed E-state index contributed by atoms with van der Waals surface area (Å²) in [7, 11) is 0. The van der Waals surface area contributed by atoms with Crippen LogP contribution in [0.2, 0.25) is 0 Å². The largest absolute Gasteiger partial charge is 0.0847 e. The van der Waals surface area contributed by atoms with E-state index in [4.69, 9.17) is 0 Å². The molecule has 0 heteroatoms. The monoisotopic (exact) mass is 168 g/mol. The molecule has 0 aliphatic carbocycles. The molecule has 0 saturated heterocycles. The van der Waals surface area contributed by atoms with Gasteiger partial charge in [0.15, 0.2) is 0 Å². The van der Waals surface area contributed by atoms with E-state index in [9.17, 15) is 0 Å². The molecule has 0 spiro atoms. The Kier molecular flexibility index (Phi) is 12.3. The molecule has 12 heavy (non-hydrogen) atoms. The van der Waals surface area contributed by atoms with Gasteiger partial charge in [-0.2, -0.15) is 0 Å². The van der Waals surface area contributed by atoms with Crippen molar-refractivity contribution in [2.75, 3.05) is 0 Å². The van der Waals surface area contributed by atoms with E-state index in [0.717, 1.165) is 5.92 Å². The summed E-state index contributed by atoms with van der Waals surface area (Å²) in [6.45, 7) is 12.6. The highest BCUT2D eigenvalue weighted by molar-refractivity contribution is 5.14. The zero-order chi connectivity index (χ0) is 9.98. The van der Waals surface area contributed by atoms with Gasteiger partial charge in [-0.3, -0.25) is 0 Å². The molecule has 0 aliphatic heterocycles. The van der Waals surface area contributed by atoms with E-state index in [2.05, 4.69) is 45.9 Å². The van der Waals surface area contributed by atoms with Crippen LogP contribution in [-0.4, -0.2) is 0 Å². The minimum absolute atomic E-state index is 0.779.